The van der Waals surface area contributed by atoms with E-state index in [2.05, 4.69) is 26.6 Å². The van der Waals surface area contributed by atoms with Gasteiger partial charge in [0.15, 0.2) is 0 Å². The van der Waals surface area contributed by atoms with Crippen LogP contribution in [0.2, 0.25) is 10.0 Å². The van der Waals surface area contributed by atoms with Crippen LogP contribution >= 0.6 is 39.1 Å². The minimum atomic E-state index is -0.902. The van der Waals surface area contributed by atoms with Crippen LogP contribution in [0.25, 0.3) is 0 Å². The zero-order valence-corrected chi connectivity index (χ0v) is 12.8. The molecule has 1 aromatic rings. The summed E-state index contributed by atoms with van der Waals surface area (Å²) in [5.41, 5.74) is 0.308. The molecule has 3 N–H and O–H groups in total. The molecule has 0 atom stereocenters. The van der Waals surface area contributed by atoms with E-state index in [0.29, 0.717) is 26.6 Å². The molecular weight excluding hydrogens is 359 g/mol. The van der Waals surface area contributed by atoms with Gasteiger partial charge in [-0.15, -0.1) is 0 Å². The number of amides is 2. The van der Waals surface area contributed by atoms with Gasteiger partial charge in [-0.25, -0.2) is 4.79 Å². The third-order valence-electron chi connectivity index (χ3n) is 2.10. The normalized spacial score (nSPS) is 10.1. The second-order valence-electron chi connectivity index (χ2n) is 3.62. The highest BCUT2D eigenvalue weighted by Crippen LogP contribution is 2.33. The Bertz CT molecular complexity index is 474. The Balaban J connectivity index is 2.51. The van der Waals surface area contributed by atoms with E-state index in [1.165, 1.54) is 0 Å². The fraction of sp³-hybridized carbons (Fsp3) is 0.273. The molecule has 0 aromatic heterocycles. The fourth-order valence-corrected chi connectivity index (χ4v) is 2.56. The van der Waals surface area contributed by atoms with Crippen molar-refractivity contribution in [1.82, 2.24) is 5.32 Å². The van der Waals surface area contributed by atoms with Gasteiger partial charge in [-0.2, -0.15) is 0 Å². The highest BCUT2D eigenvalue weighted by molar-refractivity contribution is 9.10. The van der Waals surface area contributed by atoms with E-state index in [9.17, 15) is 9.59 Å². The lowest BCUT2D eigenvalue weighted by molar-refractivity contribution is -0.137. The third-order valence-corrected chi connectivity index (χ3v) is 3.15. The molecule has 0 saturated heterocycles. The minimum absolute atomic E-state index is 0.0000755. The molecule has 0 fully saturated rings. The highest BCUT2D eigenvalue weighted by Gasteiger charge is 2.10. The number of aliphatic carboxylic acids is 1. The van der Waals surface area contributed by atoms with Crippen molar-refractivity contribution in [2.45, 2.75) is 12.8 Å². The Labute approximate surface area is 128 Å². The minimum Gasteiger partial charge on any atom is -0.481 e. The third kappa shape index (κ3) is 5.67. The SMILES string of the molecule is O=C(O)CCCNC(=O)Nc1c(Cl)cc(Br)cc1Cl. The molecule has 0 saturated carbocycles. The topological polar surface area (TPSA) is 78.4 Å². The Morgan fingerprint density at radius 3 is 2.37 bits per heavy atom. The molecule has 0 unspecified atom stereocenters. The van der Waals surface area contributed by atoms with E-state index < -0.39 is 12.0 Å². The standard InChI is InChI=1S/C11H11BrCl2N2O3/c12-6-4-7(13)10(8(14)5-6)16-11(19)15-3-1-2-9(17)18/h4-5H,1-3H2,(H,17,18)(H2,15,16,19). The molecular formula is C11H11BrCl2N2O3. The lowest BCUT2D eigenvalue weighted by atomic mass is 10.3. The van der Waals surface area contributed by atoms with E-state index >= 15 is 0 Å². The molecule has 5 nitrogen and oxygen atoms in total. The molecule has 1 aromatic carbocycles. The van der Waals surface area contributed by atoms with Crippen LogP contribution in [-0.2, 0) is 4.79 Å². The summed E-state index contributed by atoms with van der Waals surface area (Å²) in [6.07, 6.45) is 0.352. The average molecular weight is 370 g/mol. The number of anilines is 1. The van der Waals surface area contributed by atoms with E-state index in [-0.39, 0.29) is 13.0 Å². The summed E-state index contributed by atoms with van der Waals surface area (Å²) in [6.45, 7) is 0.254. The Morgan fingerprint density at radius 1 is 1.26 bits per heavy atom. The summed E-state index contributed by atoms with van der Waals surface area (Å²) in [7, 11) is 0. The monoisotopic (exact) mass is 368 g/mol. The van der Waals surface area contributed by atoms with Crippen molar-refractivity contribution >= 4 is 56.8 Å². The number of hydrogen-bond acceptors (Lipinski definition) is 2. The van der Waals surface area contributed by atoms with Crippen molar-refractivity contribution in [3.05, 3.63) is 26.7 Å². The van der Waals surface area contributed by atoms with Crippen LogP contribution in [0.5, 0.6) is 0 Å². The van der Waals surface area contributed by atoms with Crippen molar-refractivity contribution in [1.29, 1.82) is 0 Å². The lowest BCUT2D eigenvalue weighted by Gasteiger charge is -2.10. The van der Waals surface area contributed by atoms with Crippen LogP contribution < -0.4 is 10.6 Å². The van der Waals surface area contributed by atoms with Crippen LogP contribution in [0.1, 0.15) is 12.8 Å². The van der Waals surface area contributed by atoms with Crippen molar-refractivity contribution < 1.29 is 14.7 Å². The fourth-order valence-electron chi connectivity index (χ4n) is 1.26. The lowest BCUT2D eigenvalue weighted by Crippen LogP contribution is -2.30. The molecule has 8 heteroatoms. The number of carboxylic acid groups (broad SMARTS) is 1. The van der Waals surface area contributed by atoms with Gasteiger partial charge in [-0.3, -0.25) is 4.79 Å². The number of rotatable bonds is 5. The molecule has 0 bridgehead atoms. The van der Waals surface area contributed by atoms with Crippen molar-refractivity contribution in [3.8, 4) is 0 Å². The number of halogens is 3. The van der Waals surface area contributed by atoms with Gasteiger partial charge in [0.25, 0.3) is 0 Å². The molecule has 0 heterocycles. The Kier molecular flexibility index (Phi) is 6.41. The predicted octanol–water partition coefficient (Wildman–Crippen LogP) is 3.74. The second-order valence-corrected chi connectivity index (χ2v) is 5.35. The molecule has 0 aliphatic heterocycles. The smallest absolute Gasteiger partial charge is 0.319 e. The molecule has 1 rings (SSSR count). The molecule has 0 radical (unpaired) electrons. The summed E-state index contributed by atoms with van der Waals surface area (Å²) in [6, 6.07) is 2.72. The van der Waals surface area contributed by atoms with Crippen LogP contribution in [0, 0.1) is 0 Å². The Morgan fingerprint density at radius 2 is 1.84 bits per heavy atom. The molecule has 104 valence electrons. The molecule has 0 aliphatic rings. The van der Waals surface area contributed by atoms with Crippen LogP contribution in [0.15, 0.2) is 16.6 Å². The maximum Gasteiger partial charge on any atom is 0.319 e. The summed E-state index contributed by atoms with van der Waals surface area (Å²) in [4.78, 5) is 21.8. The van der Waals surface area contributed by atoms with E-state index in [4.69, 9.17) is 28.3 Å². The first-order chi connectivity index (χ1) is 8.90. The molecule has 0 aliphatic carbocycles. The highest BCUT2D eigenvalue weighted by atomic mass is 79.9. The average Bonchev–Trinajstić information content (AvgIpc) is 2.29. The largest absolute Gasteiger partial charge is 0.481 e. The van der Waals surface area contributed by atoms with Gasteiger partial charge in [-0.05, 0) is 18.6 Å². The first-order valence-corrected chi connectivity index (χ1v) is 6.86. The van der Waals surface area contributed by atoms with Gasteiger partial charge in [0, 0.05) is 17.4 Å². The zero-order valence-electron chi connectivity index (χ0n) is 9.67. The number of carbonyl (C=O) groups is 2. The Hall–Kier alpha value is -0.980. The second kappa shape index (κ2) is 7.57. The molecule has 2 amide bonds. The van der Waals surface area contributed by atoms with E-state index in [1.54, 1.807) is 12.1 Å². The van der Waals surface area contributed by atoms with Gasteiger partial charge < -0.3 is 15.7 Å². The number of carbonyl (C=O) groups excluding carboxylic acids is 1. The number of urea groups is 1. The summed E-state index contributed by atoms with van der Waals surface area (Å²) in [5.74, 6) is -0.902. The van der Waals surface area contributed by atoms with Crippen molar-refractivity contribution in [2.24, 2.45) is 0 Å². The van der Waals surface area contributed by atoms with Gasteiger partial charge in [0.1, 0.15) is 0 Å². The summed E-state index contributed by atoms with van der Waals surface area (Å²) < 4.78 is 0.704. The van der Waals surface area contributed by atoms with Crippen LogP contribution in [0.4, 0.5) is 10.5 Å². The molecule has 19 heavy (non-hydrogen) atoms. The van der Waals surface area contributed by atoms with Gasteiger partial charge in [0.05, 0.1) is 15.7 Å². The summed E-state index contributed by atoms with van der Waals surface area (Å²) in [5, 5.41) is 14.1. The van der Waals surface area contributed by atoms with Crippen LogP contribution in [0.3, 0.4) is 0 Å². The summed E-state index contributed by atoms with van der Waals surface area (Å²) >= 11 is 15.1. The van der Waals surface area contributed by atoms with Crippen LogP contribution in [-0.4, -0.2) is 23.7 Å². The molecule has 0 spiro atoms. The van der Waals surface area contributed by atoms with Gasteiger partial charge in [-0.1, -0.05) is 39.1 Å². The first-order valence-electron chi connectivity index (χ1n) is 5.31. The first kappa shape index (κ1) is 16.1. The van der Waals surface area contributed by atoms with E-state index in [0.717, 1.165) is 0 Å². The quantitative estimate of drug-likeness (QED) is 0.691. The van der Waals surface area contributed by atoms with Crippen molar-refractivity contribution in [3.63, 3.8) is 0 Å². The van der Waals surface area contributed by atoms with E-state index in [1.807, 2.05) is 0 Å². The maximum absolute atomic E-state index is 11.5. The van der Waals surface area contributed by atoms with Crippen molar-refractivity contribution in [2.75, 3.05) is 11.9 Å². The van der Waals surface area contributed by atoms with Gasteiger partial charge >= 0.3 is 12.0 Å². The zero-order chi connectivity index (χ0) is 14.4. The number of nitrogens with one attached hydrogen (secondary N) is 2. The van der Waals surface area contributed by atoms with Gasteiger partial charge in [0.2, 0.25) is 0 Å². The maximum atomic E-state index is 11.5. The predicted molar refractivity (Wildman–Crippen MR) is 78.1 cm³/mol. The number of hydrogen-bond donors (Lipinski definition) is 3. The number of benzene rings is 1. The number of carboxylic acids is 1.